The third kappa shape index (κ3) is 3.55. The number of ether oxygens (including phenoxy) is 2. The maximum atomic E-state index is 12.0. The second-order valence-electron chi connectivity index (χ2n) is 5.59. The first-order chi connectivity index (χ1) is 12.1. The molecule has 5 nitrogen and oxygen atoms in total. The van der Waals surface area contributed by atoms with Crippen molar-refractivity contribution in [1.82, 2.24) is 4.98 Å². The van der Waals surface area contributed by atoms with Crippen LogP contribution in [0.5, 0.6) is 5.75 Å². The summed E-state index contributed by atoms with van der Waals surface area (Å²) >= 11 is 0. The van der Waals surface area contributed by atoms with Gasteiger partial charge in [-0.2, -0.15) is 0 Å². The Kier molecular flexibility index (Phi) is 4.84. The van der Waals surface area contributed by atoms with E-state index in [9.17, 15) is 4.79 Å². The number of anilines is 2. The summed E-state index contributed by atoms with van der Waals surface area (Å²) < 4.78 is 10.5. The molecule has 0 aliphatic heterocycles. The van der Waals surface area contributed by atoms with E-state index in [4.69, 9.17) is 9.47 Å². The highest BCUT2D eigenvalue weighted by atomic mass is 16.5. The minimum absolute atomic E-state index is 0.381. The first kappa shape index (κ1) is 16.8. The Labute approximate surface area is 146 Å². The van der Waals surface area contributed by atoms with Gasteiger partial charge in [-0.25, -0.2) is 4.79 Å². The van der Waals surface area contributed by atoms with E-state index in [1.165, 1.54) is 7.11 Å². The van der Waals surface area contributed by atoms with Gasteiger partial charge in [-0.1, -0.05) is 12.1 Å². The number of fused-ring (bicyclic) bond motifs is 1. The average Bonchev–Trinajstić information content (AvgIpc) is 2.62. The highest BCUT2D eigenvalue weighted by Crippen LogP contribution is 2.31. The summed E-state index contributed by atoms with van der Waals surface area (Å²) in [6, 6.07) is 15.0. The quantitative estimate of drug-likeness (QED) is 0.697. The lowest BCUT2D eigenvalue weighted by molar-refractivity contribution is 0.0602. The van der Waals surface area contributed by atoms with Crippen LogP contribution in [0.25, 0.3) is 10.9 Å². The van der Waals surface area contributed by atoms with Gasteiger partial charge in [0.15, 0.2) is 0 Å². The van der Waals surface area contributed by atoms with Crippen molar-refractivity contribution in [2.45, 2.75) is 13.8 Å². The zero-order valence-corrected chi connectivity index (χ0v) is 14.5. The van der Waals surface area contributed by atoms with E-state index < -0.39 is 0 Å². The molecule has 2 aromatic carbocycles. The minimum atomic E-state index is -0.381. The third-order valence-electron chi connectivity index (χ3n) is 3.82. The van der Waals surface area contributed by atoms with E-state index in [2.05, 4.69) is 10.3 Å². The van der Waals surface area contributed by atoms with Crippen molar-refractivity contribution in [2.24, 2.45) is 0 Å². The fourth-order valence-electron chi connectivity index (χ4n) is 2.72. The number of pyridine rings is 1. The van der Waals surface area contributed by atoms with Crippen molar-refractivity contribution < 1.29 is 14.3 Å². The molecule has 25 heavy (non-hydrogen) atoms. The van der Waals surface area contributed by atoms with E-state index >= 15 is 0 Å². The van der Waals surface area contributed by atoms with Gasteiger partial charge in [0.1, 0.15) is 5.75 Å². The minimum Gasteiger partial charge on any atom is -0.494 e. The number of methoxy groups -OCH3 is 1. The summed E-state index contributed by atoms with van der Waals surface area (Å²) in [7, 11) is 1.37. The van der Waals surface area contributed by atoms with Crippen LogP contribution >= 0.6 is 0 Å². The van der Waals surface area contributed by atoms with Crippen LogP contribution in [0.4, 0.5) is 11.4 Å². The molecule has 1 N–H and O–H groups in total. The highest BCUT2D eigenvalue weighted by molar-refractivity contribution is 5.99. The van der Waals surface area contributed by atoms with Gasteiger partial charge in [0.2, 0.25) is 0 Å². The normalized spacial score (nSPS) is 10.5. The number of carbonyl (C=O) groups is 1. The summed E-state index contributed by atoms with van der Waals surface area (Å²) in [5.41, 5.74) is 3.77. The van der Waals surface area contributed by atoms with Crippen LogP contribution in [0.2, 0.25) is 0 Å². The van der Waals surface area contributed by atoms with Gasteiger partial charge in [0, 0.05) is 16.8 Å². The summed E-state index contributed by atoms with van der Waals surface area (Å²) in [5, 5.41) is 4.27. The Balaban J connectivity index is 2.09. The van der Waals surface area contributed by atoms with Crippen molar-refractivity contribution >= 4 is 28.2 Å². The topological polar surface area (TPSA) is 60.5 Å². The number of aryl methyl sites for hydroxylation is 1. The molecular formula is C20H20N2O3. The van der Waals surface area contributed by atoms with Gasteiger partial charge >= 0.3 is 5.97 Å². The maximum absolute atomic E-state index is 12.0. The molecule has 0 aliphatic rings. The molecule has 0 unspecified atom stereocenters. The second kappa shape index (κ2) is 7.21. The second-order valence-corrected chi connectivity index (χ2v) is 5.59. The number of benzene rings is 2. The molecule has 1 heterocycles. The van der Waals surface area contributed by atoms with Gasteiger partial charge < -0.3 is 14.8 Å². The van der Waals surface area contributed by atoms with Crippen LogP contribution in [0.3, 0.4) is 0 Å². The van der Waals surface area contributed by atoms with Crippen LogP contribution in [-0.4, -0.2) is 24.7 Å². The molecule has 128 valence electrons. The Morgan fingerprint density at radius 3 is 2.68 bits per heavy atom. The Bertz CT molecular complexity index is 922. The number of hydrogen-bond donors (Lipinski definition) is 1. The van der Waals surface area contributed by atoms with Crippen LogP contribution in [0.15, 0.2) is 48.5 Å². The molecule has 0 bridgehead atoms. The van der Waals surface area contributed by atoms with Gasteiger partial charge in [-0.15, -0.1) is 0 Å². The zero-order valence-electron chi connectivity index (χ0n) is 14.5. The largest absolute Gasteiger partial charge is 0.494 e. The number of nitrogens with one attached hydrogen (secondary N) is 1. The maximum Gasteiger partial charge on any atom is 0.339 e. The van der Waals surface area contributed by atoms with Crippen LogP contribution in [-0.2, 0) is 4.74 Å². The molecule has 0 spiro atoms. The van der Waals surface area contributed by atoms with Crippen molar-refractivity contribution in [3.63, 3.8) is 0 Å². The van der Waals surface area contributed by atoms with Crippen molar-refractivity contribution in [1.29, 1.82) is 0 Å². The molecule has 0 aliphatic carbocycles. The number of para-hydroxylation sites is 1. The Morgan fingerprint density at radius 2 is 1.92 bits per heavy atom. The van der Waals surface area contributed by atoms with Crippen molar-refractivity contribution in [2.75, 3.05) is 19.0 Å². The standard InChI is InChI=1S/C20H20N2O3/c1-4-25-14-9-10-18-16(12-14)19(11-13(2)21-18)22-17-8-6-5-7-15(17)20(23)24-3/h5-12H,4H2,1-3H3,(H,21,22). The lowest BCUT2D eigenvalue weighted by Crippen LogP contribution is -2.06. The van der Waals surface area contributed by atoms with E-state index in [-0.39, 0.29) is 5.97 Å². The SMILES string of the molecule is CCOc1ccc2nc(C)cc(Nc3ccccc3C(=O)OC)c2c1. The number of aromatic nitrogens is 1. The Morgan fingerprint density at radius 1 is 1.12 bits per heavy atom. The zero-order chi connectivity index (χ0) is 17.8. The molecule has 1 aromatic heterocycles. The fourth-order valence-corrected chi connectivity index (χ4v) is 2.72. The van der Waals surface area contributed by atoms with Gasteiger partial charge in [0.05, 0.1) is 30.5 Å². The molecule has 0 radical (unpaired) electrons. The van der Waals surface area contributed by atoms with Gasteiger partial charge in [-0.3, -0.25) is 4.98 Å². The summed E-state index contributed by atoms with van der Waals surface area (Å²) in [6.45, 7) is 4.48. The third-order valence-corrected chi connectivity index (χ3v) is 3.82. The van der Waals surface area contributed by atoms with Crippen LogP contribution in [0, 0.1) is 6.92 Å². The average molecular weight is 336 g/mol. The van der Waals surface area contributed by atoms with Gasteiger partial charge in [-0.05, 0) is 50.2 Å². The van der Waals surface area contributed by atoms with Crippen molar-refractivity contribution in [3.8, 4) is 5.75 Å². The first-order valence-corrected chi connectivity index (χ1v) is 8.11. The summed E-state index contributed by atoms with van der Waals surface area (Å²) in [5.74, 6) is 0.401. The number of nitrogens with zero attached hydrogens (tertiary/aromatic N) is 1. The molecule has 3 aromatic rings. The number of rotatable bonds is 5. The lowest BCUT2D eigenvalue weighted by Gasteiger charge is -2.14. The molecule has 0 saturated carbocycles. The molecule has 0 atom stereocenters. The Hall–Kier alpha value is -3.08. The van der Waals surface area contributed by atoms with Crippen molar-refractivity contribution in [3.05, 3.63) is 59.8 Å². The molecule has 0 saturated heterocycles. The number of hydrogen-bond acceptors (Lipinski definition) is 5. The molecule has 0 fully saturated rings. The van der Waals surface area contributed by atoms with E-state index in [1.54, 1.807) is 12.1 Å². The van der Waals surface area contributed by atoms with Gasteiger partial charge in [0.25, 0.3) is 0 Å². The number of esters is 1. The monoisotopic (exact) mass is 336 g/mol. The number of carbonyl (C=O) groups excluding carboxylic acids is 1. The fraction of sp³-hybridized carbons (Fsp3) is 0.200. The molecule has 5 heteroatoms. The van der Waals surface area contributed by atoms with E-state index in [1.807, 2.05) is 50.2 Å². The van der Waals surface area contributed by atoms with Crippen LogP contribution < -0.4 is 10.1 Å². The smallest absolute Gasteiger partial charge is 0.339 e. The summed E-state index contributed by atoms with van der Waals surface area (Å²) in [4.78, 5) is 16.6. The lowest BCUT2D eigenvalue weighted by atomic mass is 10.1. The predicted molar refractivity (Wildman–Crippen MR) is 98.7 cm³/mol. The van der Waals surface area contributed by atoms with E-state index in [0.29, 0.717) is 17.9 Å². The van der Waals surface area contributed by atoms with Crippen LogP contribution in [0.1, 0.15) is 23.0 Å². The molecule has 0 amide bonds. The highest BCUT2D eigenvalue weighted by Gasteiger charge is 2.13. The summed E-state index contributed by atoms with van der Waals surface area (Å²) in [6.07, 6.45) is 0. The first-order valence-electron chi connectivity index (χ1n) is 8.11. The molecular weight excluding hydrogens is 316 g/mol. The predicted octanol–water partition coefficient (Wildman–Crippen LogP) is 4.47. The molecule has 3 rings (SSSR count). The van der Waals surface area contributed by atoms with E-state index in [0.717, 1.165) is 28.0 Å².